The van der Waals surface area contributed by atoms with Crippen molar-refractivity contribution in [1.82, 2.24) is 0 Å². The van der Waals surface area contributed by atoms with Crippen LogP contribution in [0.25, 0.3) is 0 Å². The number of hydrogen-bond acceptors (Lipinski definition) is 2. The van der Waals surface area contributed by atoms with E-state index in [-0.39, 0.29) is 4.75 Å². The number of ketones is 1. The van der Waals surface area contributed by atoms with Crippen molar-refractivity contribution in [2.24, 2.45) is 5.92 Å². The molecule has 1 atom stereocenters. The van der Waals surface area contributed by atoms with Crippen LogP contribution in [0, 0.1) is 5.92 Å². The number of rotatable bonds is 3. The molecule has 19 heavy (non-hydrogen) atoms. The second-order valence-electron chi connectivity index (χ2n) is 5.95. The highest BCUT2D eigenvalue weighted by Crippen LogP contribution is 2.52. The standard InChI is InChI=1S/C17H22OS/c18-16-11-5-4-10-15(16)17(12-6-7-13-17)19-14-8-2-1-3-9-14/h1-3,8-9,15H,4-7,10-13H2. The Hall–Kier alpha value is -0.760. The molecule has 102 valence electrons. The maximum Gasteiger partial charge on any atom is 0.137 e. The number of carbonyl (C=O) groups is 1. The molecule has 2 heteroatoms. The van der Waals surface area contributed by atoms with Crippen molar-refractivity contribution in [3.8, 4) is 0 Å². The highest BCUT2D eigenvalue weighted by atomic mass is 32.2. The molecule has 1 aromatic carbocycles. The first-order valence-electron chi connectivity index (χ1n) is 7.57. The number of carbonyl (C=O) groups excluding carboxylic acids is 1. The second kappa shape index (κ2) is 5.70. The smallest absolute Gasteiger partial charge is 0.137 e. The van der Waals surface area contributed by atoms with Gasteiger partial charge in [-0.15, -0.1) is 11.8 Å². The highest BCUT2D eigenvalue weighted by Gasteiger charge is 2.45. The molecule has 0 aromatic heterocycles. The molecule has 1 nitrogen and oxygen atoms in total. The normalized spacial score (nSPS) is 26.5. The molecule has 0 radical (unpaired) electrons. The van der Waals surface area contributed by atoms with Gasteiger partial charge in [-0.25, -0.2) is 0 Å². The first-order valence-corrected chi connectivity index (χ1v) is 8.39. The molecular weight excluding hydrogens is 252 g/mol. The predicted molar refractivity (Wildman–Crippen MR) is 80.5 cm³/mol. The summed E-state index contributed by atoms with van der Waals surface area (Å²) in [5.41, 5.74) is 0. The van der Waals surface area contributed by atoms with E-state index in [2.05, 4.69) is 30.3 Å². The molecule has 3 rings (SSSR count). The molecule has 2 fully saturated rings. The highest BCUT2D eigenvalue weighted by molar-refractivity contribution is 8.00. The Labute approximate surface area is 120 Å². The van der Waals surface area contributed by atoms with Gasteiger partial charge in [0, 0.05) is 22.0 Å². The maximum atomic E-state index is 12.4. The van der Waals surface area contributed by atoms with Gasteiger partial charge in [0.2, 0.25) is 0 Å². The Morgan fingerprint density at radius 1 is 1.00 bits per heavy atom. The van der Waals surface area contributed by atoms with Crippen LogP contribution in [0.1, 0.15) is 51.4 Å². The lowest BCUT2D eigenvalue weighted by molar-refractivity contribution is -0.125. The minimum atomic E-state index is 0.207. The van der Waals surface area contributed by atoms with Gasteiger partial charge in [0.15, 0.2) is 0 Å². The largest absolute Gasteiger partial charge is 0.299 e. The molecular formula is C17H22OS. The fourth-order valence-electron chi connectivity index (χ4n) is 3.76. The van der Waals surface area contributed by atoms with Crippen LogP contribution in [-0.2, 0) is 4.79 Å². The maximum absolute atomic E-state index is 12.4. The summed E-state index contributed by atoms with van der Waals surface area (Å²) in [6, 6.07) is 10.7. The van der Waals surface area contributed by atoms with Gasteiger partial charge >= 0.3 is 0 Å². The van der Waals surface area contributed by atoms with E-state index in [9.17, 15) is 4.79 Å². The van der Waals surface area contributed by atoms with Gasteiger partial charge in [0.25, 0.3) is 0 Å². The summed E-state index contributed by atoms with van der Waals surface area (Å²) >= 11 is 1.99. The van der Waals surface area contributed by atoms with Crippen LogP contribution in [0.4, 0.5) is 0 Å². The van der Waals surface area contributed by atoms with Crippen LogP contribution in [0.2, 0.25) is 0 Å². The first kappa shape index (κ1) is 13.2. The lowest BCUT2D eigenvalue weighted by atomic mass is 9.77. The van der Waals surface area contributed by atoms with Gasteiger partial charge in [-0.1, -0.05) is 37.5 Å². The third-order valence-electron chi connectivity index (χ3n) is 4.70. The molecule has 2 aliphatic carbocycles. The summed E-state index contributed by atoms with van der Waals surface area (Å²) in [7, 11) is 0. The summed E-state index contributed by atoms with van der Waals surface area (Å²) < 4.78 is 0.207. The third-order valence-corrected chi connectivity index (χ3v) is 6.31. The summed E-state index contributed by atoms with van der Waals surface area (Å²) in [5.74, 6) is 0.852. The molecule has 0 amide bonds. The topological polar surface area (TPSA) is 17.1 Å². The van der Waals surface area contributed by atoms with Crippen LogP contribution in [-0.4, -0.2) is 10.5 Å². The zero-order valence-electron chi connectivity index (χ0n) is 11.4. The monoisotopic (exact) mass is 274 g/mol. The van der Waals surface area contributed by atoms with Crippen LogP contribution in [0.3, 0.4) is 0 Å². The predicted octanol–water partition coefficient (Wildman–Crippen LogP) is 4.85. The van der Waals surface area contributed by atoms with Crippen molar-refractivity contribution in [1.29, 1.82) is 0 Å². The van der Waals surface area contributed by atoms with E-state index in [1.165, 1.54) is 37.0 Å². The van der Waals surface area contributed by atoms with Crippen LogP contribution in [0.5, 0.6) is 0 Å². The van der Waals surface area contributed by atoms with E-state index in [4.69, 9.17) is 0 Å². The van der Waals surface area contributed by atoms with Gasteiger partial charge in [-0.2, -0.15) is 0 Å². The van der Waals surface area contributed by atoms with Gasteiger partial charge in [-0.3, -0.25) is 4.79 Å². The zero-order valence-corrected chi connectivity index (χ0v) is 12.3. The second-order valence-corrected chi connectivity index (χ2v) is 7.44. The molecule has 0 bridgehead atoms. The van der Waals surface area contributed by atoms with Gasteiger partial charge < -0.3 is 0 Å². The van der Waals surface area contributed by atoms with Crippen LogP contribution >= 0.6 is 11.8 Å². The van der Waals surface area contributed by atoms with E-state index >= 15 is 0 Å². The molecule has 0 saturated heterocycles. The molecule has 0 spiro atoms. The van der Waals surface area contributed by atoms with E-state index in [0.29, 0.717) is 11.7 Å². The Bertz CT molecular complexity index is 434. The minimum absolute atomic E-state index is 0.207. The van der Waals surface area contributed by atoms with Crippen molar-refractivity contribution >= 4 is 17.5 Å². The molecule has 2 saturated carbocycles. The minimum Gasteiger partial charge on any atom is -0.299 e. The van der Waals surface area contributed by atoms with E-state index in [1.54, 1.807) is 0 Å². The number of Topliss-reactive ketones (excluding diaryl/α,β-unsaturated/α-hetero) is 1. The summed E-state index contributed by atoms with van der Waals surface area (Å²) in [6.07, 6.45) is 9.34. The Kier molecular flexibility index (Phi) is 3.97. The average Bonchev–Trinajstić information content (AvgIpc) is 2.90. The van der Waals surface area contributed by atoms with Crippen molar-refractivity contribution in [2.75, 3.05) is 0 Å². The molecule has 0 N–H and O–H groups in total. The summed E-state index contributed by atoms with van der Waals surface area (Å²) in [6.45, 7) is 0. The van der Waals surface area contributed by atoms with Crippen molar-refractivity contribution < 1.29 is 4.79 Å². The summed E-state index contributed by atoms with van der Waals surface area (Å²) in [4.78, 5) is 13.7. The quantitative estimate of drug-likeness (QED) is 0.783. The van der Waals surface area contributed by atoms with E-state index < -0.39 is 0 Å². The van der Waals surface area contributed by atoms with Crippen molar-refractivity contribution in [3.05, 3.63) is 30.3 Å². The number of hydrogen-bond donors (Lipinski definition) is 0. The Morgan fingerprint density at radius 2 is 1.74 bits per heavy atom. The molecule has 0 aliphatic heterocycles. The summed E-state index contributed by atoms with van der Waals surface area (Å²) in [5, 5.41) is 0. The van der Waals surface area contributed by atoms with Crippen LogP contribution < -0.4 is 0 Å². The zero-order chi connectivity index (χ0) is 13.1. The SMILES string of the molecule is O=C1CCCCC1C1(Sc2ccccc2)CCCC1. The van der Waals surface area contributed by atoms with E-state index in [0.717, 1.165) is 19.3 Å². The van der Waals surface area contributed by atoms with Crippen molar-refractivity contribution in [3.63, 3.8) is 0 Å². The molecule has 0 heterocycles. The lowest BCUT2D eigenvalue weighted by Gasteiger charge is -2.38. The molecule has 1 unspecified atom stereocenters. The van der Waals surface area contributed by atoms with Gasteiger partial charge in [0.05, 0.1) is 0 Å². The number of thioether (sulfide) groups is 1. The third kappa shape index (κ3) is 2.74. The van der Waals surface area contributed by atoms with E-state index in [1.807, 2.05) is 11.8 Å². The first-order chi connectivity index (χ1) is 9.30. The Morgan fingerprint density at radius 3 is 2.42 bits per heavy atom. The number of benzene rings is 1. The lowest BCUT2D eigenvalue weighted by Crippen LogP contribution is -2.38. The molecule has 1 aromatic rings. The molecule has 2 aliphatic rings. The average molecular weight is 274 g/mol. The van der Waals surface area contributed by atoms with Gasteiger partial charge in [-0.05, 0) is 37.8 Å². The fraction of sp³-hybridized carbons (Fsp3) is 0.588. The Balaban J connectivity index is 1.84. The van der Waals surface area contributed by atoms with Crippen molar-refractivity contribution in [2.45, 2.75) is 61.0 Å². The fourth-order valence-corrected chi connectivity index (χ4v) is 5.40. The van der Waals surface area contributed by atoms with Gasteiger partial charge in [0.1, 0.15) is 5.78 Å². The van der Waals surface area contributed by atoms with Crippen LogP contribution in [0.15, 0.2) is 35.2 Å².